The standard InChI is InChI=1S/C12H17ClN2OS/c1-8-5-17-10(9(8)13)11(16)15-4-3-12(2,6-14)7-15/h5H,3-4,6-7,14H2,1-2H3. The van der Waals surface area contributed by atoms with Gasteiger partial charge in [0.1, 0.15) is 4.88 Å². The number of hydrogen-bond acceptors (Lipinski definition) is 3. The third kappa shape index (κ3) is 2.34. The monoisotopic (exact) mass is 272 g/mol. The van der Waals surface area contributed by atoms with Gasteiger partial charge in [0.25, 0.3) is 5.91 Å². The lowest BCUT2D eigenvalue weighted by Crippen LogP contribution is -2.34. The first-order valence-electron chi connectivity index (χ1n) is 5.70. The third-order valence-electron chi connectivity index (χ3n) is 3.43. The lowest BCUT2D eigenvalue weighted by Gasteiger charge is -2.22. The molecule has 5 heteroatoms. The molecule has 0 bridgehead atoms. The van der Waals surface area contributed by atoms with Crippen molar-refractivity contribution in [2.75, 3.05) is 19.6 Å². The van der Waals surface area contributed by atoms with Crippen molar-refractivity contribution in [2.45, 2.75) is 20.3 Å². The molecule has 1 amide bonds. The number of carbonyl (C=O) groups is 1. The number of carbonyl (C=O) groups excluding carboxylic acids is 1. The number of hydrogen-bond donors (Lipinski definition) is 1. The molecular weight excluding hydrogens is 256 g/mol. The van der Waals surface area contributed by atoms with E-state index in [1.54, 1.807) is 0 Å². The minimum atomic E-state index is 0.0466. The Kier molecular flexibility index (Phi) is 3.48. The van der Waals surface area contributed by atoms with Gasteiger partial charge in [-0.3, -0.25) is 4.79 Å². The van der Waals surface area contributed by atoms with Crippen molar-refractivity contribution in [3.05, 3.63) is 20.8 Å². The van der Waals surface area contributed by atoms with Gasteiger partial charge in [0, 0.05) is 13.1 Å². The third-order valence-corrected chi connectivity index (χ3v) is 5.12. The average molecular weight is 273 g/mol. The minimum absolute atomic E-state index is 0.0466. The normalized spacial score (nSPS) is 24.4. The molecule has 94 valence electrons. The van der Waals surface area contributed by atoms with Gasteiger partial charge in [0.2, 0.25) is 0 Å². The predicted molar refractivity (Wildman–Crippen MR) is 71.7 cm³/mol. The zero-order valence-electron chi connectivity index (χ0n) is 10.1. The smallest absolute Gasteiger partial charge is 0.265 e. The molecule has 3 nitrogen and oxygen atoms in total. The summed E-state index contributed by atoms with van der Waals surface area (Å²) in [6, 6.07) is 0. The van der Waals surface area contributed by atoms with Crippen LogP contribution < -0.4 is 5.73 Å². The average Bonchev–Trinajstić information content (AvgIpc) is 2.85. The van der Waals surface area contributed by atoms with Crippen LogP contribution in [0.4, 0.5) is 0 Å². The lowest BCUT2D eigenvalue weighted by atomic mass is 9.90. The van der Waals surface area contributed by atoms with E-state index >= 15 is 0 Å². The number of rotatable bonds is 2. The topological polar surface area (TPSA) is 46.3 Å². The van der Waals surface area contributed by atoms with Crippen LogP contribution in [0, 0.1) is 12.3 Å². The van der Waals surface area contributed by atoms with Gasteiger partial charge in [-0.2, -0.15) is 0 Å². The zero-order valence-corrected chi connectivity index (χ0v) is 11.7. The van der Waals surface area contributed by atoms with Crippen LogP contribution in [0.3, 0.4) is 0 Å². The van der Waals surface area contributed by atoms with Crippen LogP contribution in [0.1, 0.15) is 28.6 Å². The van der Waals surface area contributed by atoms with Crippen molar-refractivity contribution < 1.29 is 4.79 Å². The minimum Gasteiger partial charge on any atom is -0.337 e. The second-order valence-electron chi connectivity index (χ2n) is 5.05. The van der Waals surface area contributed by atoms with Gasteiger partial charge in [-0.1, -0.05) is 18.5 Å². The van der Waals surface area contributed by atoms with E-state index in [9.17, 15) is 4.79 Å². The number of nitrogens with two attached hydrogens (primary N) is 1. The Labute approximate surface area is 111 Å². The van der Waals surface area contributed by atoms with Crippen LogP contribution in [0.2, 0.25) is 5.02 Å². The summed E-state index contributed by atoms with van der Waals surface area (Å²) >= 11 is 7.55. The van der Waals surface area contributed by atoms with E-state index in [-0.39, 0.29) is 11.3 Å². The molecule has 0 saturated carbocycles. The summed E-state index contributed by atoms with van der Waals surface area (Å²) in [6.07, 6.45) is 0.969. The number of amides is 1. The molecule has 1 saturated heterocycles. The molecule has 1 aromatic heterocycles. The number of aryl methyl sites for hydroxylation is 1. The summed E-state index contributed by atoms with van der Waals surface area (Å²) < 4.78 is 0. The lowest BCUT2D eigenvalue weighted by molar-refractivity contribution is 0.0782. The van der Waals surface area contributed by atoms with Gasteiger partial charge in [0.15, 0.2) is 0 Å². The van der Waals surface area contributed by atoms with Crippen LogP contribution in [0.15, 0.2) is 5.38 Å². The van der Waals surface area contributed by atoms with Crippen LogP contribution >= 0.6 is 22.9 Å². The van der Waals surface area contributed by atoms with E-state index in [1.807, 2.05) is 17.2 Å². The molecule has 17 heavy (non-hydrogen) atoms. The number of halogens is 1. The van der Waals surface area contributed by atoms with Crippen molar-refractivity contribution in [1.82, 2.24) is 4.90 Å². The SMILES string of the molecule is Cc1csc(C(=O)N2CCC(C)(CN)C2)c1Cl. The van der Waals surface area contributed by atoms with E-state index in [1.165, 1.54) is 11.3 Å². The van der Waals surface area contributed by atoms with Crippen LogP contribution in [0.25, 0.3) is 0 Å². The predicted octanol–water partition coefficient (Wildman–Crippen LogP) is 2.52. The van der Waals surface area contributed by atoms with E-state index < -0.39 is 0 Å². The van der Waals surface area contributed by atoms with Crippen LogP contribution in [-0.4, -0.2) is 30.4 Å². The van der Waals surface area contributed by atoms with Gasteiger partial charge in [0.05, 0.1) is 5.02 Å². The Hall–Kier alpha value is -0.580. The fourth-order valence-corrected chi connectivity index (χ4v) is 3.32. The number of nitrogens with zero attached hydrogens (tertiary/aromatic N) is 1. The van der Waals surface area contributed by atoms with E-state index in [2.05, 4.69) is 6.92 Å². The highest BCUT2D eigenvalue weighted by Crippen LogP contribution is 2.33. The maximum Gasteiger partial charge on any atom is 0.265 e. The molecular formula is C12H17ClN2OS. The molecule has 1 atom stereocenters. The second kappa shape index (κ2) is 4.59. The van der Waals surface area contributed by atoms with Crippen molar-refractivity contribution in [1.29, 1.82) is 0 Å². The first-order valence-corrected chi connectivity index (χ1v) is 6.95. The maximum atomic E-state index is 12.3. The molecule has 1 aromatic rings. The Balaban J connectivity index is 2.15. The highest BCUT2D eigenvalue weighted by atomic mass is 35.5. The van der Waals surface area contributed by atoms with Gasteiger partial charge < -0.3 is 10.6 Å². The van der Waals surface area contributed by atoms with Crippen molar-refractivity contribution in [3.8, 4) is 0 Å². The van der Waals surface area contributed by atoms with Gasteiger partial charge in [-0.15, -0.1) is 11.3 Å². The van der Waals surface area contributed by atoms with Crippen molar-refractivity contribution >= 4 is 28.8 Å². The number of likely N-dealkylation sites (tertiary alicyclic amines) is 1. The fourth-order valence-electron chi connectivity index (χ4n) is 2.08. The quantitative estimate of drug-likeness (QED) is 0.899. The van der Waals surface area contributed by atoms with Crippen LogP contribution in [-0.2, 0) is 0 Å². The number of thiophene rings is 1. The summed E-state index contributed by atoms with van der Waals surface area (Å²) in [5.41, 5.74) is 6.78. The molecule has 0 radical (unpaired) electrons. The molecule has 2 heterocycles. The Morgan fingerprint density at radius 1 is 1.71 bits per heavy atom. The molecule has 0 aliphatic carbocycles. The molecule has 1 aliphatic heterocycles. The highest BCUT2D eigenvalue weighted by Gasteiger charge is 2.36. The maximum absolute atomic E-state index is 12.3. The molecule has 2 rings (SSSR count). The Morgan fingerprint density at radius 2 is 2.41 bits per heavy atom. The van der Waals surface area contributed by atoms with E-state index in [0.29, 0.717) is 16.4 Å². The molecule has 1 unspecified atom stereocenters. The second-order valence-corrected chi connectivity index (χ2v) is 6.31. The first kappa shape index (κ1) is 12.9. The Bertz CT molecular complexity index is 446. The molecule has 2 N–H and O–H groups in total. The molecule has 1 aliphatic rings. The van der Waals surface area contributed by atoms with Crippen LogP contribution in [0.5, 0.6) is 0 Å². The Morgan fingerprint density at radius 3 is 2.88 bits per heavy atom. The molecule has 0 spiro atoms. The summed E-state index contributed by atoms with van der Waals surface area (Å²) in [6.45, 7) is 6.18. The first-order chi connectivity index (χ1) is 7.97. The highest BCUT2D eigenvalue weighted by molar-refractivity contribution is 7.13. The summed E-state index contributed by atoms with van der Waals surface area (Å²) in [5, 5.41) is 2.52. The van der Waals surface area contributed by atoms with Gasteiger partial charge >= 0.3 is 0 Å². The van der Waals surface area contributed by atoms with Crippen molar-refractivity contribution in [3.63, 3.8) is 0 Å². The summed E-state index contributed by atoms with van der Waals surface area (Å²) in [5.74, 6) is 0.0466. The fraction of sp³-hybridized carbons (Fsp3) is 0.583. The largest absolute Gasteiger partial charge is 0.337 e. The van der Waals surface area contributed by atoms with E-state index in [4.69, 9.17) is 17.3 Å². The van der Waals surface area contributed by atoms with Gasteiger partial charge in [-0.25, -0.2) is 0 Å². The zero-order chi connectivity index (χ0) is 12.6. The summed E-state index contributed by atoms with van der Waals surface area (Å²) in [4.78, 5) is 14.8. The van der Waals surface area contributed by atoms with E-state index in [0.717, 1.165) is 25.1 Å². The van der Waals surface area contributed by atoms with Gasteiger partial charge in [-0.05, 0) is 36.2 Å². The molecule has 1 fully saturated rings. The summed E-state index contributed by atoms with van der Waals surface area (Å²) in [7, 11) is 0. The molecule has 0 aromatic carbocycles. The van der Waals surface area contributed by atoms with Crippen molar-refractivity contribution in [2.24, 2.45) is 11.1 Å².